The van der Waals surface area contributed by atoms with E-state index in [0.717, 1.165) is 11.5 Å². The molecule has 0 aliphatic rings. The zero-order valence-electron chi connectivity index (χ0n) is 7.37. The number of aromatic nitrogens is 2. The van der Waals surface area contributed by atoms with Gasteiger partial charge in [-0.2, -0.15) is 9.36 Å². The van der Waals surface area contributed by atoms with E-state index in [2.05, 4.69) is 14.7 Å². The molecule has 0 saturated carbocycles. The Hall–Kier alpha value is -1.37. The van der Waals surface area contributed by atoms with Gasteiger partial charge in [-0.1, -0.05) is 0 Å². The van der Waals surface area contributed by atoms with Crippen LogP contribution in [-0.2, 0) is 4.79 Å². The number of primary amides is 1. The van der Waals surface area contributed by atoms with Crippen molar-refractivity contribution in [3.05, 3.63) is 0 Å². The molecule has 0 fully saturated rings. The third-order valence-corrected chi connectivity index (χ3v) is 2.12. The molecule has 13 heavy (non-hydrogen) atoms. The molecule has 0 bridgehead atoms. The van der Waals surface area contributed by atoms with Gasteiger partial charge in [0.25, 0.3) is 0 Å². The summed E-state index contributed by atoms with van der Waals surface area (Å²) in [5.74, 6) is -0.269. The molecule has 0 radical (unpaired) electrons. The summed E-state index contributed by atoms with van der Waals surface area (Å²) in [5.41, 5.74) is 9.61. The summed E-state index contributed by atoms with van der Waals surface area (Å²) >= 11 is 1.09. The Morgan fingerprint density at radius 3 is 2.62 bits per heavy atom. The average Bonchev–Trinajstić information content (AvgIpc) is 2.34. The first kappa shape index (κ1) is 9.72. The quantitative estimate of drug-likeness (QED) is 0.627. The lowest BCUT2D eigenvalue weighted by atomic mass is 10.1. The van der Waals surface area contributed by atoms with Gasteiger partial charge in [-0.15, -0.1) is 0 Å². The normalized spacial score (nSPS) is 11.2. The number of rotatable bonds is 3. The second-order valence-electron chi connectivity index (χ2n) is 3.07. The Balaban J connectivity index is 2.74. The van der Waals surface area contributed by atoms with Crippen molar-refractivity contribution in [2.45, 2.75) is 19.4 Å². The summed E-state index contributed by atoms with van der Waals surface area (Å²) in [5, 5.41) is 3.32. The van der Waals surface area contributed by atoms with E-state index < -0.39 is 11.4 Å². The Kier molecular flexibility index (Phi) is 2.37. The number of nitrogen functional groups attached to an aromatic ring is 1. The zero-order chi connectivity index (χ0) is 10.1. The van der Waals surface area contributed by atoms with Crippen LogP contribution in [0.1, 0.15) is 13.8 Å². The highest BCUT2D eigenvalue weighted by Crippen LogP contribution is 2.17. The van der Waals surface area contributed by atoms with E-state index in [0.29, 0.717) is 5.13 Å². The maximum absolute atomic E-state index is 10.9. The molecular formula is C6H11N5OS. The number of carbonyl (C=O) groups excluding carboxylic acids is 1. The number of hydrogen-bond donors (Lipinski definition) is 3. The summed E-state index contributed by atoms with van der Waals surface area (Å²) in [6.45, 7) is 3.32. The van der Waals surface area contributed by atoms with Crippen molar-refractivity contribution in [3.63, 3.8) is 0 Å². The van der Waals surface area contributed by atoms with Gasteiger partial charge in [-0.25, -0.2) is 0 Å². The molecule has 0 unspecified atom stereocenters. The molecule has 6 nitrogen and oxygen atoms in total. The molecule has 0 saturated heterocycles. The molecule has 1 aromatic rings. The maximum Gasteiger partial charge on any atom is 0.242 e. The minimum Gasteiger partial charge on any atom is -0.368 e. The molecule has 0 spiro atoms. The van der Waals surface area contributed by atoms with E-state index in [1.54, 1.807) is 13.8 Å². The Bertz CT molecular complexity index is 321. The fourth-order valence-corrected chi connectivity index (χ4v) is 1.27. The van der Waals surface area contributed by atoms with Gasteiger partial charge in [0, 0.05) is 11.5 Å². The van der Waals surface area contributed by atoms with Gasteiger partial charge >= 0.3 is 0 Å². The highest BCUT2D eigenvalue weighted by Gasteiger charge is 2.25. The predicted octanol–water partition coefficient (Wildman–Crippen LogP) is -0.204. The number of nitrogens with two attached hydrogens (primary N) is 2. The van der Waals surface area contributed by atoms with Crippen molar-refractivity contribution in [1.29, 1.82) is 0 Å². The van der Waals surface area contributed by atoms with Gasteiger partial charge in [-0.3, -0.25) is 4.79 Å². The second-order valence-corrected chi connectivity index (χ2v) is 3.82. The lowest BCUT2D eigenvalue weighted by Gasteiger charge is -2.20. The van der Waals surface area contributed by atoms with Gasteiger partial charge < -0.3 is 16.8 Å². The second kappa shape index (κ2) is 3.17. The van der Waals surface area contributed by atoms with Gasteiger partial charge in [-0.05, 0) is 13.8 Å². The largest absolute Gasteiger partial charge is 0.368 e. The van der Waals surface area contributed by atoms with Gasteiger partial charge in [0.05, 0.1) is 0 Å². The zero-order valence-corrected chi connectivity index (χ0v) is 8.18. The lowest BCUT2D eigenvalue weighted by Crippen LogP contribution is -2.44. The van der Waals surface area contributed by atoms with E-state index in [4.69, 9.17) is 11.5 Å². The van der Waals surface area contributed by atoms with Crippen LogP contribution in [0.4, 0.5) is 11.1 Å². The van der Waals surface area contributed by atoms with Crippen LogP contribution in [-0.4, -0.2) is 20.8 Å². The molecule has 0 aromatic carbocycles. The Morgan fingerprint density at radius 1 is 1.62 bits per heavy atom. The third kappa shape index (κ3) is 2.28. The highest BCUT2D eigenvalue weighted by atomic mass is 32.1. The Morgan fingerprint density at radius 2 is 2.23 bits per heavy atom. The van der Waals surface area contributed by atoms with Crippen LogP contribution in [0.5, 0.6) is 0 Å². The molecule has 1 aromatic heterocycles. The van der Waals surface area contributed by atoms with Crippen molar-refractivity contribution >= 4 is 28.5 Å². The van der Waals surface area contributed by atoms with Crippen molar-refractivity contribution in [1.82, 2.24) is 9.36 Å². The average molecular weight is 201 g/mol. The van der Waals surface area contributed by atoms with Crippen LogP contribution in [0.25, 0.3) is 0 Å². The fourth-order valence-electron chi connectivity index (χ4n) is 0.615. The van der Waals surface area contributed by atoms with E-state index in [9.17, 15) is 4.79 Å². The van der Waals surface area contributed by atoms with E-state index in [1.807, 2.05) is 0 Å². The third-order valence-electron chi connectivity index (χ3n) is 1.48. The van der Waals surface area contributed by atoms with Crippen LogP contribution in [0.2, 0.25) is 0 Å². The summed E-state index contributed by atoms with van der Waals surface area (Å²) in [6.07, 6.45) is 0. The molecule has 0 atom stereocenters. The number of carbonyl (C=O) groups is 1. The van der Waals surface area contributed by atoms with Gasteiger partial charge in [0.1, 0.15) is 5.54 Å². The van der Waals surface area contributed by atoms with E-state index >= 15 is 0 Å². The number of amides is 1. The van der Waals surface area contributed by atoms with Crippen LogP contribution in [0.15, 0.2) is 0 Å². The maximum atomic E-state index is 10.9. The van der Waals surface area contributed by atoms with Crippen molar-refractivity contribution in [2.24, 2.45) is 5.73 Å². The lowest BCUT2D eigenvalue weighted by molar-refractivity contribution is -0.121. The first-order valence-corrected chi connectivity index (χ1v) is 4.36. The molecule has 5 N–H and O–H groups in total. The fraction of sp³-hybridized carbons (Fsp3) is 0.500. The minimum absolute atomic E-state index is 0.188. The summed E-state index contributed by atoms with van der Waals surface area (Å²) in [4.78, 5) is 14.8. The number of nitrogens with one attached hydrogen (secondary N) is 1. The molecule has 7 heteroatoms. The first-order valence-electron chi connectivity index (χ1n) is 3.59. The van der Waals surface area contributed by atoms with Gasteiger partial charge in [0.15, 0.2) is 0 Å². The molecule has 1 rings (SSSR count). The topological polar surface area (TPSA) is 107 Å². The molecular weight excluding hydrogens is 190 g/mol. The van der Waals surface area contributed by atoms with Crippen molar-refractivity contribution < 1.29 is 4.79 Å². The first-order chi connectivity index (χ1) is 5.92. The predicted molar refractivity (Wildman–Crippen MR) is 51.2 cm³/mol. The van der Waals surface area contributed by atoms with Gasteiger partial charge in [0.2, 0.25) is 17.0 Å². The van der Waals surface area contributed by atoms with Crippen LogP contribution >= 0.6 is 11.5 Å². The Labute approximate surface area is 79.5 Å². The summed E-state index contributed by atoms with van der Waals surface area (Å²) in [7, 11) is 0. The van der Waals surface area contributed by atoms with Crippen LogP contribution in [0, 0.1) is 0 Å². The smallest absolute Gasteiger partial charge is 0.242 e. The van der Waals surface area contributed by atoms with E-state index in [-0.39, 0.29) is 5.95 Å². The summed E-state index contributed by atoms with van der Waals surface area (Å²) in [6, 6.07) is 0. The molecule has 0 aliphatic heterocycles. The molecule has 0 aliphatic carbocycles. The number of nitrogens with zero attached hydrogens (tertiary/aromatic N) is 2. The molecule has 1 amide bonds. The van der Waals surface area contributed by atoms with Crippen LogP contribution in [0.3, 0.4) is 0 Å². The van der Waals surface area contributed by atoms with Crippen molar-refractivity contribution in [2.75, 3.05) is 11.1 Å². The standard InChI is InChI=1S/C6H11N5OS/c1-6(2,3(7)12)10-5-9-4(8)11-13-5/h1-2H3,(H2,7,12)(H3,8,9,10,11). The minimum atomic E-state index is -0.841. The van der Waals surface area contributed by atoms with E-state index in [1.165, 1.54) is 0 Å². The number of anilines is 2. The highest BCUT2D eigenvalue weighted by molar-refractivity contribution is 7.09. The molecule has 1 heterocycles. The SMILES string of the molecule is CC(C)(Nc1nc(N)ns1)C(N)=O. The summed E-state index contributed by atoms with van der Waals surface area (Å²) < 4.78 is 3.75. The van der Waals surface area contributed by atoms with Crippen molar-refractivity contribution in [3.8, 4) is 0 Å². The molecule has 72 valence electrons. The van der Waals surface area contributed by atoms with Crippen LogP contribution < -0.4 is 16.8 Å². The number of hydrogen-bond acceptors (Lipinski definition) is 6. The monoisotopic (exact) mass is 201 g/mol.